The Kier molecular flexibility index (Phi) is 34.6. The molecule has 0 N–H and O–H groups in total. The van der Waals surface area contributed by atoms with Crippen LogP contribution in [0, 0.1) is 0 Å². The van der Waals surface area contributed by atoms with Gasteiger partial charge in [0.15, 0.2) is 0 Å². The Labute approximate surface area is 864 Å². The summed E-state index contributed by atoms with van der Waals surface area (Å²) in [5.41, 5.74) is 43.5. The lowest BCUT2D eigenvalue weighted by molar-refractivity contribution is 0.389. The minimum absolute atomic E-state index is 0.151. The Morgan fingerprint density at radius 3 is 0.692 bits per heavy atom. The second-order valence-electron chi connectivity index (χ2n) is 44.7. The van der Waals surface area contributed by atoms with E-state index in [0.29, 0.717) is 0 Å². The quantitative estimate of drug-likeness (QED) is 0.0356. The van der Waals surface area contributed by atoms with Crippen LogP contribution in [0.5, 0.6) is 0 Å². The Hall–Kier alpha value is -10.4. The van der Waals surface area contributed by atoms with Crippen LogP contribution in [0.15, 0.2) is 255 Å². The van der Waals surface area contributed by atoms with E-state index in [9.17, 15) is 0 Å². The molecule has 0 unspecified atom stereocenters. The zero-order valence-corrected chi connectivity index (χ0v) is 89.9. The fraction of sp³-hybridized carbons (Fsp3) is 0.468. The van der Waals surface area contributed by atoms with Gasteiger partial charge in [-0.15, -0.1) is 0 Å². The fourth-order valence-corrected chi connectivity index (χ4v) is 28.3. The molecule has 5 aliphatic rings. The van der Waals surface area contributed by atoms with Gasteiger partial charge in [0.2, 0.25) is 0 Å². The molecule has 0 fully saturated rings. The molecule has 0 amide bonds. The number of hydrogen-bond acceptors (Lipinski definition) is 4. The number of rotatable bonds is 58. The topological polar surface area (TPSA) is 32.3 Å². The van der Waals surface area contributed by atoms with Crippen LogP contribution in [0.3, 0.4) is 0 Å². The van der Waals surface area contributed by atoms with E-state index in [1.54, 1.807) is 61.2 Å². The third kappa shape index (κ3) is 20.3. The molecule has 12 aromatic carbocycles. The highest BCUT2D eigenvalue weighted by atomic mass is 15.1. The zero-order valence-electron chi connectivity index (χ0n) is 89.9. The molecule has 18 rings (SSSR count). The smallest absolute Gasteiger partial charge is 0.0973 e. The van der Waals surface area contributed by atoms with E-state index in [1.165, 1.54) is 365 Å². The molecule has 0 bridgehead atoms. The fourth-order valence-electron chi connectivity index (χ4n) is 28.3. The van der Waals surface area contributed by atoms with Crippen molar-refractivity contribution in [2.45, 2.75) is 417 Å². The van der Waals surface area contributed by atoms with Crippen molar-refractivity contribution in [3.8, 4) is 78.1 Å². The summed E-state index contributed by atoms with van der Waals surface area (Å²) in [5.74, 6) is 0. The number of para-hydroxylation sites is 4. The maximum Gasteiger partial charge on any atom is 0.0973 e. The number of benzene rings is 12. The van der Waals surface area contributed by atoms with Crippen molar-refractivity contribution >= 4 is 45.2 Å². The van der Waals surface area contributed by atoms with Crippen molar-refractivity contribution in [1.29, 1.82) is 0 Å². The third-order valence-electron chi connectivity index (χ3n) is 35.3. The normalized spacial score (nSPS) is 14.5. The highest BCUT2D eigenvalue weighted by Gasteiger charge is 2.58. The van der Waals surface area contributed by atoms with Crippen molar-refractivity contribution in [3.63, 3.8) is 0 Å². The van der Waals surface area contributed by atoms with Crippen LogP contribution in [-0.2, 0) is 27.1 Å². The summed E-state index contributed by atoms with van der Waals surface area (Å²) < 4.78 is 0. The molecule has 4 nitrogen and oxygen atoms in total. The first-order valence-electron chi connectivity index (χ1n) is 58.7. The van der Waals surface area contributed by atoms with Gasteiger partial charge in [-0.2, -0.15) is 0 Å². The van der Waals surface area contributed by atoms with Gasteiger partial charge >= 0.3 is 0 Å². The molecule has 0 atom stereocenters. The van der Waals surface area contributed by atoms with Gasteiger partial charge in [-0.3, -0.25) is 0 Å². The van der Waals surface area contributed by atoms with E-state index in [-0.39, 0.29) is 27.1 Å². The number of hydrogen-bond donors (Lipinski definition) is 0. The van der Waals surface area contributed by atoms with Crippen LogP contribution in [0.2, 0.25) is 0 Å². The Morgan fingerprint density at radius 2 is 0.406 bits per heavy atom. The second kappa shape index (κ2) is 48.3. The van der Waals surface area contributed by atoms with Crippen molar-refractivity contribution in [2.75, 3.05) is 9.80 Å². The minimum atomic E-state index is -0.311. The Bertz CT molecular complexity index is 6210. The van der Waals surface area contributed by atoms with Gasteiger partial charge in [0, 0.05) is 72.3 Å². The van der Waals surface area contributed by atoms with Crippen LogP contribution in [0.25, 0.3) is 89.2 Å². The van der Waals surface area contributed by atoms with Gasteiger partial charge in [-0.05, 0) is 273 Å². The number of fused-ring (bicyclic) bond motifs is 19. The van der Waals surface area contributed by atoms with Crippen LogP contribution < -0.4 is 9.80 Å². The summed E-state index contributed by atoms with van der Waals surface area (Å²) in [5, 5.41) is 0. The van der Waals surface area contributed by atoms with Crippen molar-refractivity contribution < 1.29 is 0 Å². The second-order valence-corrected chi connectivity index (χ2v) is 44.7. The summed E-state index contributed by atoms with van der Waals surface area (Å²) in [7, 11) is 0. The highest BCUT2D eigenvalue weighted by Crippen LogP contribution is 2.73. The standard InChI is InChI=1S/C139H172N4/c1-11-21-31-57-87-135(88-58-32-22-12-2)120-97-103(79-83-111(120)113-85-81-109(99-122(113)135)142(105-67-45-41-46-68-105)106-69-47-42-48-70-106)133-134(104-80-84-112-114-86-82-110(143(107-71-49-43-50-72-107)108-73-51-44-52-74-108)100-123(114)136(121(112)98-104,89-59-33-23-13-3)90-60-34-24-14-4)141-126-102-124-117(101-125(126)140-133)129-131-127(115-75-53-56-78-119(115)138(131,93-63-37-27-17-7)94-64-38-28-18-8)130-128(132(129)139(124,95-65-39-29-19-9)96-66-40-30-20-10)116-76-54-55-77-118(116)137(130,91-61-35-25-15-5)92-62-36-26-16-6/h41-56,67-86,97-102H,11-40,57-66,87-96H2,1-10H3. The lowest BCUT2D eigenvalue weighted by Gasteiger charge is -2.39. The number of nitrogens with zero attached hydrogens (tertiary/aromatic N) is 4. The molecule has 0 saturated heterocycles. The molecular weight excluding hydrogens is 1730 g/mol. The molecule has 143 heavy (non-hydrogen) atoms. The molecule has 0 aliphatic heterocycles. The molecule has 1 heterocycles. The molecule has 0 spiro atoms. The molecule has 4 heteroatoms. The van der Waals surface area contributed by atoms with Gasteiger partial charge in [0.1, 0.15) is 0 Å². The SMILES string of the molecule is CCCCCCC1(CCCCCC)c2cc(-c3nc4cc5c(cc4nc3-c3ccc4c(c3)C(CCCCCC)(CCCCCC)c3cc(N(c6ccccc6)c6ccccc6)ccc3-4)C(CCCCCC)(CCCCCC)c3c4c(c6c(c3-5)C(CCCCCC)(CCCCCC)c3ccccc3-6)C(CCCCCC)(CCCCCC)c3ccccc3-4)ccc2-c2ccc(N(c3ccccc3)c3ccccc3)cc21. The number of unbranched alkanes of at least 4 members (excludes halogenated alkanes) is 30. The minimum Gasteiger partial charge on any atom is -0.310 e. The molecule has 13 aromatic rings. The molecule has 748 valence electrons. The summed E-state index contributed by atoms with van der Waals surface area (Å²) in [4.78, 5) is 18.5. The van der Waals surface area contributed by atoms with Crippen molar-refractivity contribution in [1.82, 2.24) is 9.97 Å². The first kappa shape index (κ1) is 103. The number of aromatic nitrogens is 2. The van der Waals surface area contributed by atoms with Crippen molar-refractivity contribution in [2.24, 2.45) is 0 Å². The summed E-state index contributed by atoms with van der Waals surface area (Å²) in [6.07, 6.45) is 60.4. The average molecular weight is 1900 g/mol. The van der Waals surface area contributed by atoms with Crippen LogP contribution >= 0.6 is 0 Å². The maximum atomic E-state index is 6.75. The maximum absolute atomic E-state index is 6.75. The molecule has 0 radical (unpaired) electrons. The van der Waals surface area contributed by atoms with E-state index in [1.807, 2.05) is 0 Å². The van der Waals surface area contributed by atoms with Crippen LogP contribution in [0.4, 0.5) is 34.1 Å². The summed E-state index contributed by atoms with van der Waals surface area (Å²) in [6.45, 7) is 24.2. The molecular formula is C139H172N4. The Morgan fingerprint density at radius 1 is 0.175 bits per heavy atom. The molecule has 0 saturated carbocycles. The van der Waals surface area contributed by atoms with E-state index >= 15 is 0 Å². The first-order chi connectivity index (χ1) is 70.5. The monoisotopic (exact) mass is 1900 g/mol. The van der Waals surface area contributed by atoms with Gasteiger partial charge in [0.05, 0.1) is 22.4 Å². The highest BCUT2D eigenvalue weighted by molar-refractivity contribution is 6.07. The van der Waals surface area contributed by atoms with Gasteiger partial charge in [-0.25, -0.2) is 9.97 Å². The molecule has 5 aliphatic carbocycles. The predicted octanol–water partition coefficient (Wildman–Crippen LogP) is 42.9. The zero-order chi connectivity index (χ0) is 98.6. The van der Waals surface area contributed by atoms with E-state index < -0.39 is 0 Å². The van der Waals surface area contributed by atoms with Crippen molar-refractivity contribution in [3.05, 3.63) is 310 Å². The molecule has 1 aromatic heterocycles. The van der Waals surface area contributed by atoms with E-state index in [4.69, 9.17) is 9.97 Å². The predicted molar refractivity (Wildman–Crippen MR) is 618 cm³/mol. The van der Waals surface area contributed by atoms with Crippen LogP contribution in [0.1, 0.15) is 446 Å². The third-order valence-corrected chi connectivity index (χ3v) is 35.3. The summed E-state index contributed by atoms with van der Waals surface area (Å²) >= 11 is 0. The lowest BCUT2D eigenvalue weighted by atomic mass is 9.63. The average Bonchev–Trinajstić information content (AvgIpc) is 1.48. The van der Waals surface area contributed by atoms with Gasteiger partial charge in [0.25, 0.3) is 0 Å². The Balaban J connectivity index is 0.959. The van der Waals surface area contributed by atoms with E-state index in [0.717, 1.165) is 73.8 Å². The lowest BCUT2D eigenvalue weighted by Crippen LogP contribution is -2.31. The van der Waals surface area contributed by atoms with Gasteiger partial charge in [-0.1, -0.05) is 484 Å². The van der Waals surface area contributed by atoms with E-state index in [2.05, 4.69) is 334 Å². The van der Waals surface area contributed by atoms with Crippen LogP contribution in [-0.4, -0.2) is 9.97 Å². The largest absolute Gasteiger partial charge is 0.310 e. The first-order valence-corrected chi connectivity index (χ1v) is 58.7. The number of anilines is 6. The summed E-state index contributed by atoms with van der Waals surface area (Å²) in [6, 6.07) is 102. The van der Waals surface area contributed by atoms with Gasteiger partial charge < -0.3 is 9.80 Å².